The van der Waals surface area contributed by atoms with Crippen LogP contribution in [0.4, 0.5) is 0 Å². The summed E-state index contributed by atoms with van der Waals surface area (Å²) < 4.78 is 2.25. The van der Waals surface area contributed by atoms with Crippen LogP contribution in [0.2, 0.25) is 5.02 Å². The van der Waals surface area contributed by atoms with Gasteiger partial charge in [0.25, 0.3) is 0 Å². The lowest BCUT2D eigenvalue weighted by molar-refractivity contribution is 0.495. The van der Waals surface area contributed by atoms with Crippen molar-refractivity contribution in [2.45, 2.75) is 45.7 Å². The Morgan fingerprint density at radius 3 is 2.86 bits per heavy atom. The third-order valence-corrected chi connectivity index (χ3v) is 3.79. The van der Waals surface area contributed by atoms with Gasteiger partial charge in [-0.15, -0.1) is 0 Å². The monoisotopic (exact) mass is 305 g/mol. The standard InChI is InChI=1S/C17H24ClN3/c1-3-9-21-10-8-20-17(21)13-16(19-4-2)12-14-6-5-7-15(18)11-14/h5-8,10-11,16,19H,3-4,9,12-13H2,1-2H3. The number of benzene rings is 1. The van der Waals surface area contributed by atoms with Crippen molar-refractivity contribution in [3.05, 3.63) is 53.1 Å². The first-order chi connectivity index (χ1) is 10.2. The van der Waals surface area contributed by atoms with E-state index in [9.17, 15) is 0 Å². The molecule has 1 aromatic carbocycles. The molecule has 0 spiro atoms. The number of rotatable bonds is 8. The van der Waals surface area contributed by atoms with Crippen LogP contribution in [0.1, 0.15) is 31.7 Å². The highest BCUT2D eigenvalue weighted by atomic mass is 35.5. The average molecular weight is 306 g/mol. The zero-order valence-corrected chi connectivity index (χ0v) is 13.6. The summed E-state index contributed by atoms with van der Waals surface area (Å²) in [6.07, 6.45) is 7.00. The minimum Gasteiger partial charge on any atom is -0.335 e. The Morgan fingerprint density at radius 2 is 2.14 bits per heavy atom. The molecule has 1 unspecified atom stereocenters. The fourth-order valence-electron chi connectivity index (χ4n) is 2.65. The summed E-state index contributed by atoms with van der Waals surface area (Å²) in [5.41, 5.74) is 1.27. The van der Waals surface area contributed by atoms with Gasteiger partial charge in [-0.2, -0.15) is 0 Å². The van der Waals surface area contributed by atoms with Crippen molar-refractivity contribution >= 4 is 11.6 Å². The van der Waals surface area contributed by atoms with E-state index in [1.165, 1.54) is 5.56 Å². The number of imidazole rings is 1. The Balaban J connectivity index is 2.06. The van der Waals surface area contributed by atoms with Crippen LogP contribution in [0.3, 0.4) is 0 Å². The summed E-state index contributed by atoms with van der Waals surface area (Å²) in [4.78, 5) is 4.51. The van der Waals surface area contributed by atoms with Crippen molar-refractivity contribution in [3.8, 4) is 0 Å². The van der Waals surface area contributed by atoms with Gasteiger partial charge in [-0.3, -0.25) is 0 Å². The molecule has 2 aromatic rings. The lowest BCUT2D eigenvalue weighted by Crippen LogP contribution is -2.34. The van der Waals surface area contributed by atoms with E-state index < -0.39 is 0 Å². The van der Waals surface area contributed by atoms with Crippen LogP contribution in [0, 0.1) is 0 Å². The molecule has 1 atom stereocenters. The highest BCUT2D eigenvalue weighted by Crippen LogP contribution is 2.14. The van der Waals surface area contributed by atoms with Gasteiger partial charge in [0.15, 0.2) is 0 Å². The summed E-state index contributed by atoms with van der Waals surface area (Å²) >= 11 is 6.08. The molecule has 114 valence electrons. The molecule has 1 N–H and O–H groups in total. The quantitative estimate of drug-likeness (QED) is 0.806. The number of hydrogen-bond acceptors (Lipinski definition) is 2. The molecule has 3 nitrogen and oxygen atoms in total. The van der Waals surface area contributed by atoms with Gasteiger partial charge in [0, 0.05) is 36.4 Å². The van der Waals surface area contributed by atoms with E-state index >= 15 is 0 Å². The van der Waals surface area contributed by atoms with E-state index in [2.05, 4.69) is 41.0 Å². The number of halogens is 1. The van der Waals surface area contributed by atoms with Gasteiger partial charge < -0.3 is 9.88 Å². The summed E-state index contributed by atoms with van der Waals surface area (Å²) in [6, 6.07) is 8.49. The van der Waals surface area contributed by atoms with Gasteiger partial charge >= 0.3 is 0 Å². The molecule has 0 amide bonds. The summed E-state index contributed by atoms with van der Waals surface area (Å²) in [7, 11) is 0. The molecule has 0 aliphatic carbocycles. The molecular weight excluding hydrogens is 282 g/mol. The van der Waals surface area contributed by atoms with E-state index in [4.69, 9.17) is 11.6 Å². The van der Waals surface area contributed by atoms with Crippen LogP contribution in [0.5, 0.6) is 0 Å². The van der Waals surface area contributed by atoms with E-state index in [-0.39, 0.29) is 0 Å². The molecule has 2 rings (SSSR count). The number of aryl methyl sites for hydroxylation is 1. The van der Waals surface area contributed by atoms with Gasteiger partial charge in [0.05, 0.1) is 0 Å². The zero-order chi connectivity index (χ0) is 15.1. The molecular formula is C17H24ClN3. The van der Waals surface area contributed by atoms with Crippen molar-refractivity contribution in [2.24, 2.45) is 0 Å². The normalized spacial score (nSPS) is 12.5. The van der Waals surface area contributed by atoms with E-state index in [1.54, 1.807) is 0 Å². The van der Waals surface area contributed by atoms with Crippen molar-refractivity contribution in [1.29, 1.82) is 0 Å². The fourth-order valence-corrected chi connectivity index (χ4v) is 2.86. The van der Waals surface area contributed by atoms with Gasteiger partial charge in [-0.05, 0) is 37.1 Å². The first-order valence-electron chi connectivity index (χ1n) is 7.70. The molecule has 1 heterocycles. The summed E-state index contributed by atoms with van der Waals surface area (Å²) in [5.74, 6) is 1.16. The fraction of sp³-hybridized carbons (Fsp3) is 0.471. The predicted molar refractivity (Wildman–Crippen MR) is 88.8 cm³/mol. The van der Waals surface area contributed by atoms with Crippen LogP contribution in [0.25, 0.3) is 0 Å². The van der Waals surface area contributed by atoms with Gasteiger partial charge in [-0.25, -0.2) is 4.98 Å². The summed E-state index contributed by atoms with van der Waals surface area (Å²) in [6.45, 7) is 6.33. The van der Waals surface area contributed by atoms with Crippen LogP contribution in [-0.4, -0.2) is 22.1 Å². The minimum atomic E-state index is 0.381. The van der Waals surface area contributed by atoms with E-state index in [1.807, 2.05) is 24.4 Å². The lowest BCUT2D eigenvalue weighted by atomic mass is 10.0. The molecule has 0 aliphatic rings. The zero-order valence-electron chi connectivity index (χ0n) is 12.8. The highest BCUT2D eigenvalue weighted by molar-refractivity contribution is 6.30. The largest absolute Gasteiger partial charge is 0.335 e. The Bertz CT molecular complexity index is 550. The Kier molecular flexibility index (Phi) is 6.27. The van der Waals surface area contributed by atoms with Gasteiger partial charge in [0.2, 0.25) is 0 Å². The van der Waals surface area contributed by atoms with Gasteiger partial charge in [0.1, 0.15) is 5.82 Å². The number of nitrogens with zero attached hydrogens (tertiary/aromatic N) is 2. The predicted octanol–water partition coefficient (Wildman–Crippen LogP) is 3.71. The molecule has 0 saturated heterocycles. The minimum absolute atomic E-state index is 0.381. The highest BCUT2D eigenvalue weighted by Gasteiger charge is 2.13. The first-order valence-corrected chi connectivity index (χ1v) is 8.08. The number of aromatic nitrogens is 2. The lowest BCUT2D eigenvalue weighted by Gasteiger charge is -2.18. The van der Waals surface area contributed by atoms with Crippen LogP contribution >= 0.6 is 11.6 Å². The molecule has 0 radical (unpaired) electrons. The van der Waals surface area contributed by atoms with Crippen molar-refractivity contribution in [2.75, 3.05) is 6.54 Å². The second-order valence-corrected chi connectivity index (χ2v) is 5.77. The third kappa shape index (κ3) is 4.87. The maximum atomic E-state index is 6.08. The SMILES string of the molecule is CCCn1ccnc1CC(Cc1cccc(Cl)c1)NCC. The topological polar surface area (TPSA) is 29.9 Å². The number of hydrogen-bond donors (Lipinski definition) is 1. The Morgan fingerprint density at radius 1 is 1.29 bits per heavy atom. The third-order valence-electron chi connectivity index (χ3n) is 3.56. The molecule has 0 aliphatic heterocycles. The molecule has 0 fully saturated rings. The molecule has 21 heavy (non-hydrogen) atoms. The Labute approximate surface area is 132 Å². The Hall–Kier alpha value is -1.32. The molecule has 4 heteroatoms. The number of likely N-dealkylation sites (N-methyl/N-ethyl adjacent to an activating group) is 1. The van der Waals surface area contributed by atoms with Crippen LogP contribution < -0.4 is 5.32 Å². The van der Waals surface area contributed by atoms with Crippen molar-refractivity contribution in [1.82, 2.24) is 14.9 Å². The van der Waals surface area contributed by atoms with Crippen LogP contribution in [0.15, 0.2) is 36.7 Å². The maximum absolute atomic E-state index is 6.08. The van der Waals surface area contributed by atoms with Crippen molar-refractivity contribution < 1.29 is 0 Å². The van der Waals surface area contributed by atoms with Crippen LogP contribution in [-0.2, 0) is 19.4 Å². The summed E-state index contributed by atoms with van der Waals surface area (Å²) in [5, 5.41) is 4.36. The number of nitrogens with one attached hydrogen (secondary N) is 1. The second kappa shape index (κ2) is 8.20. The molecule has 0 bridgehead atoms. The van der Waals surface area contributed by atoms with E-state index in [0.29, 0.717) is 6.04 Å². The molecule has 1 aromatic heterocycles. The van der Waals surface area contributed by atoms with Crippen molar-refractivity contribution in [3.63, 3.8) is 0 Å². The average Bonchev–Trinajstić information content (AvgIpc) is 2.87. The van der Waals surface area contributed by atoms with Gasteiger partial charge in [-0.1, -0.05) is 37.6 Å². The van der Waals surface area contributed by atoms with E-state index in [0.717, 1.165) is 43.2 Å². The first kappa shape index (κ1) is 16.1. The molecule has 0 saturated carbocycles. The maximum Gasteiger partial charge on any atom is 0.110 e. The smallest absolute Gasteiger partial charge is 0.110 e. The second-order valence-electron chi connectivity index (χ2n) is 5.33.